The van der Waals surface area contributed by atoms with Crippen LogP contribution in [0.15, 0.2) is 29.6 Å². The SMILES string of the molecule is C/C(=N\NC(=O)C1CC1)c1ccncc1. The number of amides is 1. The highest BCUT2D eigenvalue weighted by Crippen LogP contribution is 2.28. The third kappa shape index (κ3) is 2.62. The van der Waals surface area contributed by atoms with Crippen molar-refractivity contribution in [2.45, 2.75) is 19.8 Å². The lowest BCUT2D eigenvalue weighted by Crippen LogP contribution is -2.20. The van der Waals surface area contributed by atoms with Gasteiger partial charge in [-0.3, -0.25) is 9.78 Å². The number of carbonyl (C=O) groups excluding carboxylic acids is 1. The molecule has 0 spiro atoms. The molecule has 0 saturated heterocycles. The van der Waals surface area contributed by atoms with Crippen molar-refractivity contribution in [1.82, 2.24) is 10.4 Å². The smallest absolute Gasteiger partial charge is 0.243 e. The van der Waals surface area contributed by atoms with Crippen LogP contribution < -0.4 is 5.43 Å². The first-order valence-corrected chi connectivity index (χ1v) is 5.02. The fourth-order valence-corrected chi connectivity index (χ4v) is 1.23. The third-order valence-electron chi connectivity index (χ3n) is 2.38. The largest absolute Gasteiger partial charge is 0.273 e. The molecule has 1 amide bonds. The van der Waals surface area contributed by atoms with Gasteiger partial charge in [-0.05, 0) is 31.9 Å². The Balaban J connectivity index is 1.97. The zero-order chi connectivity index (χ0) is 10.7. The van der Waals surface area contributed by atoms with Gasteiger partial charge in [-0.25, -0.2) is 5.43 Å². The van der Waals surface area contributed by atoms with Gasteiger partial charge in [0, 0.05) is 23.9 Å². The summed E-state index contributed by atoms with van der Waals surface area (Å²) < 4.78 is 0. The summed E-state index contributed by atoms with van der Waals surface area (Å²) in [6.07, 6.45) is 5.40. The number of nitrogens with one attached hydrogen (secondary N) is 1. The fraction of sp³-hybridized carbons (Fsp3) is 0.364. The number of pyridine rings is 1. The average Bonchev–Trinajstić information content (AvgIpc) is 3.10. The van der Waals surface area contributed by atoms with Crippen LogP contribution >= 0.6 is 0 Å². The number of nitrogens with zero attached hydrogens (tertiary/aromatic N) is 2. The zero-order valence-corrected chi connectivity index (χ0v) is 8.60. The molecule has 78 valence electrons. The topological polar surface area (TPSA) is 54.4 Å². The second-order valence-corrected chi connectivity index (χ2v) is 3.68. The number of hydrogen-bond acceptors (Lipinski definition) is 3. The third-order valence-corrected chi connectivity index (χ3v) is 2.38. The molecule has 0 radical (unpaired) electrons. The van der Waals surface area contributed by atoms with E-state index < -0.39 is 0 Å². The van der Waals surface area contributed by atoms with Crippen molar-refractivity contribution in [3.63, 3.8) is 0 Å². The highest BCUT2D eigenvalue weighted by Gasteiger charge is 2.29. The zero-order valence-electron chi connectivity index (χ0n) is 8.60. The molecule has 4 heteroatoms. The summed E-state index contributed by atoms with van der Waals surface area (Å²) in [5.74, 6) is 0.224. The van der Waals surface area contributed by atoms with Gasteiger partial charge in [0.2, 0.25) is 5.91 Å². The van der Waals surface area contributed by atoms with E-state index in [0.29, 0.717) is 0 Å². The molecule has 1 fully saturated rings. The first-order chi connectivity index (χ1) is 7.27. The summed E-state index contributed by atoms with van der Waals surface area (Å²) in [4.78, 5) is 15.2. The summed E-state index contributed by atoms with van der Waals surface area (Å²) in [6.45, 7) is 1.86. The quantitative estimate of drug-likeness (QED) is 0.595. The minimum absolute atomic E-state index is 0.0309. The lowest BCUT2D eigenvalue weighted by atomic mass is 10.2. The van der Waals surface area contributed by atoms with Crippen LogP contribution in [0.5, 0.6) is 0 Å². The second kappa shape index (κ2) is 4.21. The van der Waals surface area contributed by atoms with Crippen molar-refractivity contribution in [3.05, 3.63) is 30.1 Å². The maximum atomic E-state index is 11.3. The van der Waals surface area contributed by atoms with Gasteiger partial charge in [0.15, 0.2) is 0 Å². The molecule has 1 N–H and O–H groups in total. The summed E-state index contributed by atoms with van der Waals surface area (Å²) in [6, 6.07) is 3.73. The normalized spacial score (nSPS) is 16.2. The Hall–Kier alpha value is -1.71. The molecule has 2 rings (SSSR count). The number of hydrogen-bond donors (Lipinski definition) is 1. The average molecular weight is 203 g/mol. The summed E-state index contributed by atoms with van der Waals surface area (Å²) in [5.41, 5.74) is 4.34. The van der Waals surface area contributed by atoms with Gasteiger partial charge < -0.3 is 0 Å². The van der Waals surface area contributed by atoms with Crippen LogP contribution in [-0.4, -0.2) is 16.6 Å². The van der Waals surface area contributed by atoms with Gasteiger partial charge in [-0.1, -0.05) is 0 Å². The van der Waals surface area contributed by atoms with E-state index in [1.807, 2.05) is 19.1 Å². The van der Waals surface area contributed by atoms with Crippen LogP contribution in [0.25, 0.3) is 0 Å². The highest BCUT2D eigenvalue weighted by atomic mass is 16.2. The first kappa shape index (κ1) is 9.83. The fourth-order valence-electron chi connectivity index (χ4n) is 1.23. The molecule has 0 aliphatic heterocycles. The van der Waals surface area contributed by atoms with E-state index in [-0.39, 0.29) is 11.8 Å². The lowest BCUT2D eigenvalue weighted by Gasteiger charge is -2.01. The van der Waals surface area contributed by atoms with Gasteiger partial charge in [0.1, 0.15) is 0 Å². The van der Waals surface area contributed by atoms with E-state index in [9.17, 15) is 4.79 Å². The van der Waals surface area contributed by atoms with Crippen LogP contribution in [0.4, 0.5) is 0 Å². The van der Waals surface area contributed by atoms with E-state index >= 15 is 0 Å². The molecule has 1 aliphatic rings. The molecule has 0 unspecified atom stereocenters. The molecular weight excluding hydrogens is 190 g/mol. The van der Waals surface area contributed by atoms with Gasteiger partial charge in [0.25, 0.3) is 0 Å². The van der Waals surface area contributed by atoms with Crippen molar-refractivity contribution >= 4 is 11.6 Å². The first-order valence-electron chi connectivity index (χ1n) is 5.02. The van der Waals surface area contributed by atoms with Gasteiger partial charge in [-0.15, -0.1) is 0 Å². The van der Waals surface area contributed by atoms with E-state index in [4.69, 9.17) is 0 Å². The van der Waals surface area contributed by atoms with Crippen LogP contribution in [0, 0.1) is 5.92 Å². The molecule has 1 aromatic heterocycles. The van der Waals surface area contributed by atoms with Crippen LogP contribution in [0.3, 0.4) is 0 Å². The van der Waals surface area contributed by atoms with E-state index in [0.717, 1.165) is 24.1 Å². The Morgan fingerprint density at radius 3 is 2.73 bits per heavy atom. The molecule has 0 aromatic carbocycles. The van der Waals surface area contributed by atoms with Crippen molar-refractivity contribution in [3.8, 4) is 0 Å². The van der Waals surface area contributed by atoms with E-state index in [1.165, 1.54) is 0 Å². The van der Waals surface area contributed by atoms with Gasteiger partial charge in [-0.2, -0.15) is 5.10 Å². The van der Waals surface area contributed by atoms with Crippen molar-refractivity contribution in [2.75, 3.05) is 0 Å². The number of aromatic nitrogens is 1. The summed E-state index contributed by atoms with van der Waals surface area (Å²) in [7, 11) is 0. The Morgan fingerprint density at radius 1 is 1.47 bits per heavy atom. The number of hydrazone groups is 1. The standard InChI is InChI=1S/C11H13N3O/c1-8(9-4-6-12-7-5-9)13-14-11(15)10-2-3-10/h4-7,10H,2-3H2,1H3,(H,14,15)/b13-8+. The number of carbonyl (C=O) groups is 1. The predicted octanol–water partition coefficient (Wildman–Crippen LogP) is 1.33. The molecule has 1 saturated carbocycles. The van der Waals surface area contributed by atoms with Crippen molar-refractivity contribution in [2.24, 2.45) is 11.0 Å². The van der Waals surface area contributed by atoms with Gasteiger partial charge in [0.05, 0.1) is 5.71 Å². The maximum Gasteiger partial charge on any atom is 0.243 e. The van der Waals surface area contributed by atoms with E-state index in [1.54, 1.807) is 12.4 Å². The number of rotatable bonds is 3. The molecule has 15 heavy (non-hydrogen) atoms. The molecule has 1 heterocycles. The molecule has 1 aliphatic carbocycles. The molecular formula is C11H13N3O. The lowest BCUT2D eigenvalue weighted by molar-refractivity contribution is -0.122. The second-order valence-electron chi connectivity index (χ2n) is 3.68. The molecule has 1 aromatic rings. The Bertz CT molecular complexity index is 382. The van der Waals surface area contributed by atoms with Crippen molar-refractivity contribution < 1.29 is 4.79 Å². The highest BCUT2D eigenvalue weighted by molar-refractivity contribution is 5.99. The van der Waals surface area contributed by atoms with E-state index in [2.05, 4.69) is 15.5 Å². The van der Waals surface area contributed by atoms with Gasteiger partial charge >= 0.3 is 0 Å². The predicted molar refractivity (Wildman–Crippen MR) is 57.3 cm³/mol. The Labute approximate surface area is 88.4 Å². The van der Waals surface area contributed by atoms with Crippen LogP contribution in [0.1, 0.15) is 25.3 Å². The molecule has 0 bridgehead atoms. The monoisotopic (exact) mass is 203 g/mol. The van der Waals surface area contributed by atoms with Crippen LogP contribution in [-0.2, 0) is 4.79 Å². The maximum absolute atomic E-state index is 11.3. The summed E-state index contributed by atoms with van der Waals surface area (Å²) >= 11 is 0. The Morgan fingerprint density at radius 2 is 2.13 bits per heavy atom. The molecule has 0 atom stereocenters. The Kier molecular flexibility index (Phi) is 2.76. The minimum Gasteiger partial charge on any atom is -0.273 e. The summed E-state index contributed by atoms with van der Waals surface area (Å²) in [5, 5.41) is 4.04. The van der Waals surface area contributed by atoms with Crippen LogP contribution in [0.2, 0.25) is 0 Å². The minimum atomic E-state index is 0.0309. The molecule has 4 nitrogen and oxygen atoms in total. The van der Waals surface area contributed by atoms with Crippen molar-refractivity contribution in [1.29, 1.82) is 0 Å².